The van der Waals surface area contributed by atoms with Crippen molar-refractivity contribution in [1.82, 2.24) is 0 Å². The van der Waals surface area contributed by atoms with Crippen LogP contribution in [-0.4, -0.2) is 13.0 Å². The van der Waals surface area contributed by atoms with Gasteiger partial charge in [-0.25, -0.2) is 4.99 Å². The lowest BCUT2D eigenvalue weighted by atomic mass is 10.4. The van der Waals surface area contributed by atoms with E-state index in [4.69, 9.17) is 15.7 Å². The van der Waals surface area contributed by atoms with Gasteiger partial charge < -0.3 is 10.5 Å². The Morgan fingerprint density at radius 2 is 2.45 bits per heavy atom. The molecule has 0 aromatic heterocycles. The van der Waals surface area contributed by atoms with E-state index in [1.807, 2.05) is 0 Å². The minimum atomic E-state index is 0.0486. The second-order valence-electron chi connectivity index (χ2n) is 1.57. The first-order chi connectivity index (χ1) is 5.24. The van der Waals surface area contributed by atoms with Crippen molar-refractivity contribution in [2.75, 3.05) is 7.11 Å². The van der Waals surface area contributed by atoms with Crippen LogP contribution in [0.15, 0.2) is 29.5 Å². The van der Waals surface area contributed by atoms with Crippen LogP contribution >= 0.6 is 0 Å². The van der Waals surface area contributed by atoms with Gasteiger partial charge >= 0.3 is 0 Å². The minimum absolute atomic E-state index is 0.0486. The van der Waals surface area contributed by atoms with Gasteiger partial charge in [-0.3, -0.25) is 0 Å². The summed E-state index contributed by atoms with van der Waals surface area (Å²) >= 11 is 0. The van der Waals surface area contributed by atoms with E-state index in [2.05, 4.69) is 11.6 Å². The molecule has 0 aliphatic rings. The predicted octanol–water partition coefficient (Wildman–Crippen LogP) is 0.541. The van der Waals surface area contributed by atoms with Crippen LogP contribution in [0.25, 0.3) is 0 Å². The number of hydrogen-bond acceptors (Lipinski definition) is 4. The Kier molecular flexibility index (Phi) is 4.25. The summed E-state index contributed by atoms with van der Waals surface area (Å²) in [4.78, 5) is 3.68. The summed E-state index contributed by atoms with van der Waals surface area (Å²) in [6, 6.07) is 1.73. The van der Waals surface area contributed by atoms with Gasteiger partial charge in [-0.2, -0.15) is 5.26 Å². The van der Waals surface area contributed by atoms with Crippen molar-refractivity contribution in [3.63, 3.8) is 0 Å². The molecule has 0 amide bonds. The van der Waals surface area contributed by atoms with E-state index in [9.17, 15) is 0 Å². The normalized spacial score (nSPS) is 12.0. The molecule has 11 heavy (non-hydrogen) atoms. The largest absolute Gasteiger partial charge is 0.481 e. The molecule has 0 aliphatic carbocycles. The van der Waals surface area contributed by atoms with Crippen molar-refractivity contribution in [2.45, 2.75) is 0 Å². The number of nitriles is 1. The van der Waals surface area contributed by atoms with Crippen molar-refractivity contribution in [3.8, 4) is 6.07 Å². The maximum atomic E-state index is 8.27. The molecule has 0 fully saturated rings. The van der Waals surface area contributed by atoms with Crippen LogP contribution in [0.4, 0.5) is 0 Å². The first kappa shape index (κ1) is 9.24. The third-order valence-corrected chi connectivity index (χ3v) is 0.836. The van der Waals surface area contributed by atoms with Gasteiger partial charge in [0.2, 0.25) is 5.90 Å². The van der Waals surface area contributed by atoms with Crippen LogP contribution in [0, 0.1) is 11.3 Å². The van der Waals surface area contributed by atoms with Crippen LogP contribution < -0.4 is 5.73 Å². The second kappa shape index (κ2) is 5.06. The Hall–Kier alpha value is -1.76. The van der Waals surface area contributed by atoms with E-state index < -0.39 is 0 Å². The molecule has 0 rings (SSSR count). The molecule has 0 aromatic carbocycles. The predicted molar refractivity (Wildman–Crippen MR) is 42.5 cm³/mol. The highest BCUT2D eigenvalue weighted by atomic mass is 16.5. The zero-order valence-corrected chi connectivity index (χ0v) is 6.24. The Bertz CT molecular complexity index is 235. The molecule has 4 nitrogen and oxygen atoms in total. The van der Waals surface area contributed by atoms with Gasteiger partial charge in [-0.1, -0.05) is 6.58 Å². The number of aliphatic imine (C=N–C) groups is 1. The molecule has 58 valence electrons. The summed E-state index contributed by atoms with van der Waals surface area (Å²) in [5.41, 5.74) is 5.23. The zero-order valence-electron chi connectivity index (χ0n) is 6.24. The van der Waals surface area contributed by atoms with Crippen molar-refractivity contribution in [2.24, 2.45) is 10.7 Å². The molecular formula is C7H9N3O. The lowest BCUT2D eigenvalue weighted by Crippen LogP contribution is -2.02. The molecule has 0 saturated heterocycles. The lowest BCUT2D eigenvalue weighted by molar-refractivity contribution is 0.407. The SMILES string of the molecule is C=C/N=C(\C=C(/N)C#N)OC. The van der Waals surface area contributed by atoms with Crippen molar-refractivity contribution in [3.05, 3.63) is 24.6 Å². The second-order valence-corrected chi connectivity index (χ2v) is 1.57. The molecule has 0 heterocycles. The van der Waals surface area contributed by atoms with Gasteiger partial charge in [0.05, 0.1) is 7.11 Å². The van der Waals surface area contributed by atoms with Crippen molar-refractivity contribution >= 4 is 5.90 Å². The number of rotatable bonds is 2. The maximum Gasteiger partial charge on any atom is 0.215 e. The summed E-state index contributed by atoms with van der Waals surface area (Å²) in [7, 11) is 1.43. The Labute approximate surface area is 65.3 Å². The number of hydrogen-bond donors (Lipinski definition) is 1. The van der Waals surface area contributed by atoms with E-state index in [0.29, 0.717) is 0 Å². The van der Waals surface area contributed by atoms with Gasteiger partial charge in [0, 0.05) is 12.3 Å². The molecule has 0 radical (unpaired) electrons. The average molecular weight is 151 g/mol. The van der Waals surface area contributed by atoms with Crippen LogP contribution in [0.5, 0.6) is 0 Å². The monoisotopic (exact) mass is 151 g/mol. The van der Waals surface area contributed by atoms with Gasteiger partial charge in [0.25, 0.3) is 0 Å². The van der Waals surface area contributed by atoms with Crippen LogP contribution in [0.1, 0.15) is 0 Å². The minimum Gasteiger partial charge on any atom is -0.481 e. The van der Waals surface area contributed by atoms with Crippen molar-refractivity contribution in [1.29, 1.82) is 5.26 Å². The Morgan fingerprint density at radius 1 is 1.82 bits per heavy atom. The quantitative estimate of drug-likeness (QED) is 0.355. The van der Waals surface area contributed by atoms with Crippen LogP contribution in [0.2, 0.25) is 0 Å². The third-order valence-electron chi connectivity index (χ3n) is 0.836. The maximum absolute atomic E-state index is 8.27. The van der Waals surface area contributed by atoms with E-state index in [0.717, 1.165) is 0 Å². The molecule has 0 unspecified atom stereocenters. The topological polar surface area (TPSA) is 71.4 Å². The molecule has 2 N–H and O–H groups in total. The molecule has 0 atom stereocenters. The fraction of sp³-hybridized carbons (Fsp3) is 0.143. The third kappa shape index (κ3) is 3.76. The standard InChI is InChI=1S/C7H9N3O/c1-3-10-7(11-2)4-6(9)5-8/h3-4H,1,9H2,2H3/b6-4-,10-7+. The molecule has 0 aromatic rings. The first-order valence-electron chi connectivity index (χ1n) is 2.84. The highest BCUT2D eigenvalue weighted by Crippen LogP contribution is 1.87. The van der Waals surface area contributed by atoms with E-state index in [1.54, 1.807) is 6.07 Å². The molecule has 0 saturated carbocycles. The fourth-order valence-corrected chi connectivity index (χ4v) is 0.404. The van der Waals surface area contributed by atoms with Gasteiger partial charge in [-0.05, 0) is 0 Å². The molecule has 4 heteroatoms. The summed E-state index contributed by atoms with van der Waals surface area (Å²) in [5, 5.41) is 8.27. The zero-order chi connectivity index (χ0) is 8.69. The number of methoxy groups -OCH3 is 1. The highest BCUT2D eigenvalue weighted by molar-refractivity contribution is 5.89. The number of ether oxygens (including phenoxy) is 1. The number of nitrogens with two attached hydrogens (primary N) is 1. The fourth-order valence-electron chi connectivity index (χ4n) is 0.404. The van der Waals surface area contributed by atoms with Gasteiger partial charge in [0.15, 0.2) is 0 Å². The van der Waals surface area contributed by atoms with Crippen LogP contribution in [-0.2, 0) is 4.74 Å². The summed E-state index contributed by atoms with van der Waals surface area (Å²) in [5.74, 6) is 0.263. The molecule has 0 spiro atoms. The van der Waals surface area contributed by atoms with Gasteiger partial charge in [0.1, 0.15) is 11.8 Å². The summed E-state index contributed by atoms with van der Waals surface area (Å²) < 4.78 is 4.73. The average Bonchev–Trinajstić information content (AvgIpc) is 2.03. The smallest absolute Gasteiger partial charge is 0.215 e. The molecule has 0 aliphatic heterocycles. The van der Waals surface area contributed by atoms with Crippen LogP contribution in [0.3, 0.4) is 0 Å². The number of allylic oxidation sites excluding steroid dienone is 1. The molecular weight excluding hydrogens is 142 g/mol. The molecule has 0 bridgehead atoms. The summed E-state index contributed by atoms with van der Waals surface area (Å²) in [6.07, 6.45) is 2.63. The van der Waals surface area contributed by atoms with Gasteiger partial charge in [-0.15, -0.1) is 0 Å². The Morgan fingerprint density at radius 3 is 2.82 bits per heavy atom. The Balaban J connectivity index is 4.45. The number of nitrogens with zero attached hydrogens (tertiary/aromatic N) is 2. The van der Waals surface area contributed by atoms with E-state index in [1.165, 1.54) is 19.4 Å². The first-order valence-corrected chi connectivity index (χ1v) is 2.84. The lowest BCUT2D eigenvalue weighted by Gasteiger charge is -1.95. The summed E-state index contributed by atoms with van der Waals surface area (Å²) in [6.45, 7) is 3.36. The van der Waals surface area contributed by atoms with E-state index in [-0.39, 0.29) is 11.6 Å². The van der Waals surface area contributed by atoms with Crippen molar-refractivity contribution < 1.29 is 4.74 Å². The van der Waals surface area contributed by atoms with E-state index >= 15 is 0 Å². The highest BCUT2D eigenvalue weighted by Gasteiger charge is 1.92.